The van der Waals surface area contributed by atoms with Crippen LogP contribution < -0.4 is 4.90 Å². The highest BCUT2D eigenvalue weighted by Crippen LogP contribution is 2.46. The maximum atomic E-state index is 13.7. The molecule has 2 rings (SSSR count). The summed E-state index contributed by atoms with van der Waals surface area (Å²) in [6, 6.07) is 3.69. The van der Waals surface area contributed by atoms with E-state index < -0.39 is 42.2 Å². The lowest BCUT2D eigenvalue weighted by molar-refractivity contribution is -0.171. The van der Waals surface area contributed by atoms with Crippen LogP contribution in [0.5, 0.6) is 0 Å². The monoisotopic (exact) mass is 373 g/mol. The number of carbonyl (C=O) groups excluding carboxylic acids is 1. The molecule has 1 aliphatic rings. The van der Waals surface area contributed by atoms with E-state index in [0.29, 0.717) is 4.90 Å². The molecule has 1 aromatic carbocycles. The topological polar surface area (TPSA) is 20.3 Å². The molecule has 0 saturated heterocycles. The Morgan fingerprint density at radius 2 is 1.86 bits per heavy atom. The van der Waals surface area contributed by atoms with Gasteiger partial charge in [-0.2, -0.15) is 13.2 Å². The summed E-state index contributed by atoms with van der Waals surface area (Å²) in [6.07, 6.45) is -5.93. The fraction of sp³-hybridized carbons (Fsp3) is 0.462. The first-order chi connectivity index (χ1) is 9.64. The Labute approximate surface area is 127 Å². The molecular formula is C13H13BrF5NO. The zero-order chi connectivity index (χ0) is 16.4. The summed E-state index contributed by atoms with van der Waals surface area (Å²) in [5, 5.41) is 0. The molecule has 1 amide bonds. The van der Waals surface area contributed by atoms with Crippen molar-refractivity contribution in [3.63, 3.8) is 0 Å². The van der Waals surface area contributed by atoms with Gasteiger partial charge in [-0.15, -0.1) is 0 Å². The molecule has 0 aliphatic carbocycles. The molecule has 0 N–H and O–H groups in total. The number of anilines is 1. The highest BCUT2D eigenvalue weighted by molar-refractivity contribution is 9.10. The summed E-state index contributed by atoms with van der Waals surface area (Å²) in [7, 11) is 0. The fourth-order valence-corrected chi connectivity index (χ4v) is 2.61. The van der Waals surface area contributed by atoms with Crippen LogP contribution in [0.4, 0.5) is 27.6 Å². The predicted molar refractivity (Wildman–Crippen MR) is 72.4 cm³/mol. The number of alkyl halides is 5. The van der Waals surface area contributed by atoms with E-state index in [2.05, 4.69) is 15.9 Å². The number of benzene rings is 1. The maximum absolute atomic E-state index is 13.7. The molecule has 0 unspecified atom stereocenters. The first kappa shape index (κ1) is 17.9. The highest BCUT2D eigenvalue weighted by Gasteiger charge is 2.49. The van der Waals surface area contributed by atoms with Gasteiger partial charge in [0, 0.05) is 17.4 Å². The van der Waals surface area contributed by atoms with Gasteiger partial charge in [0.1, 0.15) is 0 Å². The molecule has 0 saturated carbocycles. The highest BCUT2D eigenvalue weighted by atomic mass is 79.9. The van der Waals surface area contributed by atoms with Gasteiger partial charge in [0.25, 0.3) is 5.92 Å². The second kappa shape index (κ2) is 6.29. The predicted octanol–water partition coefficient (Wildman–Crippen LogP) is 4.87. The summed E-state index contributed by atoms with van der Waals surface area (Å²) in [4.78, 5) is 11.6. The maximum Gasteiger partial charge on any atom is 0.471 e. The third kappa shape index (κ3) is 3.53. The third-order valence-corrected chi connectivity index (χ3v) is 3.45. The number of fused-ring (bicyclic) bond motifs is 1. The third-order valence-electron chi connectivity index (χ3n) is 2.79. The minimum atomic E-state index is -5.09. The number of hydrogen-bond acceptors (Lipinski definition) is 1. The summed E-state index contributed by atoms with van der Waals surface area (Å²) in [5.41, 5.74) is -0.994. The number of rotatable bonds is 0. The molecule has 21 heavy (non-hydrogen) atoms. The Hall–Kier alpha value is -1.18. The Morgan fingerprint density at radius 1 is 1.29 bits per heavy atom. The smallest absolute Gasteiger partial charge is 0.304 e. The number of hydrogen-bond donors (Lipinski definition) is 0. The summed E-state index contributed by atoms with van der Waals surface area (Å²) in [5.74, 6) is -5.40. The van der Waals surface area contributed by atoms with E-state index in [9.17, 15) is 26.7 Å². The number of amides is 1. The Kier molecular flexibility index (Phi) is 5.35. The van der Waals surface area contributed by atoms with E-state index in [1.165, 1.54) is 12.1 Å². The van der Waals surface area contributed by atoms with Gasteiger partial charge in [0.2, 0.25) is 0 Å². The van der Waals surface area contributed by atoms with E-state index in [1.54, 1.807) is 0 Å². The molecule has 0 atom stereocenters. The lowest BCUT2D eigenvalue weighted by Crippen LogP contribution is -2.46. The molecule has 1 aromatic rings. The minimum absolute atomic E-state index is 0.0188. The normalized spacial score (nSPS) is 16.7. The van der Waals surface area contributed by atoms with Crippen molar-refractivity contribution in [2.75, 3.05) is 11.4 Å². The van der Waals surface area contributed by atoms with Crippen molar-refractivity contribution in [3.8, 4) is 0 Å². The van der Waals surface area contributed by atoms with E-state index in [-0.39, 0.29) is 4.47 Å². The number of carbonyl (C=O) groups is 1. The van der Waals surface area contributed by atoms with Crippen LogP contribution in [0, 0.1) is 0 Å². The van der Waals surface area contributed by atoms with Crippen LogP contribution in [0.2, 0.25) is 0 Å². The Morgan fingerprint density at radius 3 is 2.38 bits per heavy atom. The van der Waals surface area contributed by atoms with Crippen molar-refractivity contribution >= 4 is 27.5 Å². The van der Waals surface area contributed by atoms with E-state index >= 15 is 0 Å². The Balaban J connectivity index is 0.00000106. The molecule has 1 aliphatic heterocycles. The average Bonchev–Trinajstić information content (AvgIpc) is 2.39. The molecule has 0 radical (unpaired) electrons. The minimum Gasteiger partial charge on any atom is -0.304 e. The second-order valence-electron chi connectivity index (χ2n) is 4.04. The molecule has 0 aromatic heterocycles. The SMILES string of the molecule is CC.O=C(N1CCC(F)(F)c2c(Br)cccc21)C(F)(F)F. The molecule has 0 spiro atoms. The van der Waals surface area contributed by atoms with Gasteiger partial charge in [-0.3, -0.25) is 4.79 Å². The van der Waals surface area contributed by atoms with Crippen LogP contribution in [0.3, 0.4) is 0 Å². The first-order valence-corrected chi connectivity index (χ1v) is 6.99. The lowest BCUT2D eigenvalue weighted by atomic mass is 9.97. The van der Waals surface area contributed by atoms with Gasteiger partial charge >= 0.3 is 12.1 Å². The van der Waals surface area contributed by atoms with E-state index in [4.69, 9.17) is 0 Å². The molecule has 2 nitrogen and oxygen atoms in total. The van der Waals surface area contributed by atoms with Gasteiger partial charge in [-0.1, -0.05) is 35.8 Å². The lowest BCUT2D eigenvalue weighted by Gasteiger charge is -2.34. The Bertz CT molecular complexity index is 530. The summed E-state index contributed by atoms with van der Waals surface area (Å²) in [6.45, 7) is 3.33. The van der Waals surface area contributed by atoms with Crippen molar-refractivity contribution in [2.24, 2.45) is 0 Å². The number of nitrogens with zero attached hydrogens (tertiary/aromatic N) is 1. The van der Waals surface area contributed by atoms with Crippen molar-refractivity contribution in [1.82, 2.24) is 0 Å². The van der Waals surface area contributed by atoms with Gasteiger partial charge < -0.3 is 4.90 Å². The number of halogens is 6. The molecule has 1 heterocycles. The molecular weight excluding hydrogens is 361 g/mol. The standard InChI is InChI=1S/C11H7BrF5NO.C2H6/c12-6-2-1-3-7-8(6)10(13,14)4-5-18(7)9(19)11(15,16)17;1-2/h1-3H,4-5H2;1-2H3. The van der Waals surface area contributed by atoms with E-state index in [1.807, 2.05) is 13.8 Å². The summed E-state index contributed by atoms with van der Waals surface area (Å²) >= 11 is 2.89. The zero-order valence-electron chi connectivity index (χ0n) is 11.3. The second-order valence-corrected chi connectivity index (χ2v) is 4.90. The van der Waals surface area contributed by atoms with Crippen molar-refractivity contribution in [1.29, 1.82) is 0 Å². The van der Waals surface area contributed by atoms with Crippen molar-refractivity contribution in [2.45, 2.75) is 32.4 Å². The van der Waals surface area contributed by atoms with Crippen molar-refractivity contribution in [3.05, 3.63) is 28.2 Å². The van der Waals surface area contributed by atoms with Crippen LogP contribution in [0.15, 0.2) is 22.7 Å². The molecule has 8 heteroatoms. The average molecular weight is 374 g/mol. The van der Waals surface area contributed by atoms with Crippen molar-refractivity contribution < 1.29 is 26.7 Å². The van der Waals surface area contributed by atoms with Gasteiger partial charge in [0.05, 0.1) is 11.3 Å². The van der Waals surface area contributed by atoms with Gasteiger partial charge in [-0.05, 0) is 12.1 Å². The van der Waals surface area contributed by atoms with Crippen LogP contribution in [-0.4, -0.2) is 18.6 Å². The summed E-state index contributed by atoms with van der Waals surface area (Å²) < 4.78 is 64.8. The fourth-order valence-electron chi connectivity index (χ4n) is 1.96. The van der Waals surface area contributed by atoms with Crippen LogP contribution >= 0.6 is 15.9 Å². The van der Waals surface area contributed by atoms with Gasteiger partial charge in [0.15, 0.2) is 0 Å². The molecule has 0 bridgehead atoms. The quantitative estimate of drug-likeness (QED) is 0.594. The largest absolute Gasteiger partial charge is 0.471 e. The first-order valence-electron chi connectivity index (χ1n) is 6.20. The van der Waals surface area contributed by atoms with Gasteiger partial charge in [-0.25, -0.2) is 8.78 Å². The van der Waals surface area contributed by atoms with E-state index in [0.717, 1.165) is 6.07 Å². The van der Waals surface area contributed by atoms with Crippen LogP contribution in [0.1, 0.15) is 25.8 Å². The van der Waals surface area contributed by atoms with Crippen LogP contribution in [-0.2, 0) is 10.7 Å². The van der Waals surface area contributed by atoms with Crippen LogP contribution in [0.25, 0.3) is 0 Å². The zero-order valence-corrected chi connectivity index (χ0v) is 12.9. The molecule has 118 valence electrons. The molecule has 0 fully saturated rings.